The van der Waals surface area contributed by atoms with Crippen molar-refractivity contribution in [3.8, 4) is 0 Å². The van der Waals surface area contributed by atoms with E-state index in [2.05, 4.69) is 13.8 Å². The third-order valence-corrected chi connectivity index (χ3v) is 8.57. The van der Waals surface area contributed by atoms with Gasteiger partial charge in [0.25, 0.3) is 0 Å². The van der Waals surface area contributed by atoms with Crippen LogP contribution in [0, 0.1) is 34.0 Å². The number of aliphatic hydroxyl groups excluding tert-OH is 1. The van der Waals surface area contributed by atoms with Gasteiger partial charge in [0.2, 0.25) is 0 Å². The fourth-order valence-electron chi connectivity index (χ4n) is 7.64. The number of aliphatic hydroxyl groups is 1. The summed E-state index contributed by atoms with van der Waals surface area (Å²) in [4.78, 5) is 40.5. The zero-order valence-corrected chi connectivity index (χ0v) is 17.2. The van der Waals surface area contributed by atoms with Gasteiger partial charge in [-0.3, -0.25) is 14.4 Å². The molecule has 6 atom stereocenters. The van der Waals surface area contributed by atoms with Crippen molar-refractivity contribution in [3.63, 3.8) is 0 Å². The average Bonchev–Trinajstić information content (AvgIpc) is 3.13. The van der Waals surface area contributed by atoms with Crippen molar-refractivity contribution in [1.29, 1.82) is 0 Å². The van der Waals surface area contributed by atoms with Crippen LogP contribution in [-0.4, -0.2) is 34.9 Å². The molecular weight excluding hydrogens is 356 g/mol. The third kappa shape index (κ3) is 1.61. The van der Waals surface area contributed by atoms with Crippen LogP contribution in [-0.2, 0) is 19.1 Å². The molecule has 5 heteroatoms. The number of carbonyl (C=O) groups excluding carboxylic acids is 3. The first-order chi connectivity index (χ1) is 13.0. The van der Waals surface area contributed by atoms with E-state index in [9.17, 15) is 19.5 Å². The normalized spacial score (nSPS) is 45.8. The molecule has 0 aromatic heterocycles. The summed E-state index contributed by atoms with van der Waals surface area (Å²) in [6.07, 6.45) is 2.21. The number of rotatable bonds is 1. The lowest BCUT2D eigenvalue weighted by Gasteiger charge is -2.51. The highest BCUT2D eigenvalue weighted by atomic mass is 16.6. The minimum absolute atomic E-state index is 0.177. The Bertz CT molecular complexity index is 906. The molecule has 1 N–H and O–H groups in total. The van der Waals surface area contributed by atoms with Crippen LogP contribution in [0.1, 0.15) is 53.9 Å². The molecule has 1 saturated heterocycles. The van der Waals surface area contributed by atoms with Gasteiger partial charge in [-0.15, -0.1) is 0 Å². The maximum absolute atomic E-state index is 14.0. The van der Waals surface area contributed by atoms with Crippen molar-refractivity contribution < 1.29 is 24.2 Å². The molecule has 1 aliphatic heterocycles. The summed E-state index contributed by atoms with van der Waals surface area (Å²) < 4.78 is 5.77. The van der Waals surface area contributed by atoms with E-state index in [0.717, 1.165) is 18.4 Å². The average molecular weight is 384 g/mol. The zero-order valence-electron chi connectivity index (χ0n) is 17.2. The Labute approximate surface area is 165 Å². The van der Waals surface area contributed by atoms with Crippen LogP contribution < -0.4 is 0 Å². The maximum Gasteiger partial charge on any atom is 0.317 e. The summed E-state index contributed by atoms with van der Waals surface area (Å²) in [6.45, 7) is 9.87. The SMILES string of the molecule is CC1=CC(=O)[C@@]2(C(C)C)C(=O)C3=C([C@@H]12)[C@H](O)[C@H]1OC(=O)[C@@]32CCCC(C)(C)[C@H]12. The molecule has 4 aliphatic carbocycles. The van der Waals surface area contributed by atoms with Crippen LogP contribution in [0.25, 0.3) is 0 Å². The Morgan fingerprint density at radius 1 is 1.18 bits per heavy atom. The first-order valence-electron chi connectivity index (χ1n) is 10.4. The number of ketones is 2. The van der Waals surface area contributed by atoms with Crippen LogP contribution in [0.15, 0.2) is 22.8 Å². The Kier molecular flexibility index (Phi) is 3.30. The number of Topliss-reactive ketones (excluding diaryl/α,β-unsaturated/α-hetero) is 1. The molecule has 2 fully saturated rings. The van der Waals surface area contributed by atoms with Gasteiger partial charge in [-0.05, 0) is 42.7 Å². The predicted octanol–water partition coefficient (Wildman–Crippen LogP) is 2.77. The van der Waals surface area contributed by atoms with Crippen molar-refractivity contribution in [2.24, 2.45) is 34.0 Å². The number of carbonyl (C=O) groups is 3. The Morgan fingerprint density at radius 2 is 1.86 bits per heavy atom. The Hall–Kier alpha value is -1.75. The molecular formula is C23H28O5. The highest BCUT2D eigenvalue weighted by molar-refractivity contribution is 6.25. The monoisotopic (exact) mass is 384 g/mol. The van der Waals surface area contributed by atoms with Crippen LogP contribution in [0.3, 0.4) is 0 Å². The van der Waals surface area contributed by atoms with E-state index >= 15 is 0 Å². The molecule has 0 radical (unpaired) electrons. The maximum atomic E-state index is 14.0. The molecule has 2 bridgehead atoms. The lowest BCUT2D eigenvalue weighted by atomic mass is 9.49. The molecule has 150 valence electrons. The van der Waals surface area contributed by atoms with Gasteiger partial charge in [0.15, 0.2) is 11.6 Å². The lowest BCUT2D eigenvalue weighted by Crippen LogP contribution is -2.55. The second-order valence-electron chi connectivity index (χ2n) is 10.5. The van der Waals surface area contributed by atoms with Crippen molar-refractivity contribution >= 4 is 17.5 Å². The van der Waals surface area contributed by atoms with Gasteiger partial charge in [-0.25, -0.2) is 0 Å². The highest BCUT2D eigenvalue weighted by Gasteiger charge is 2.77. The lowest BCUT2D eigenvalue weighted by molar-refractivity contribution is -0.151. The van der Waals surface area contributed by atoms with Gasteiger partial charge in [0, 0.05) is 17.4 Å². The molecule has 0 aromatic carbocycles. The summed E-state index contributed by atoms with van der Waals surface area (Å²) >= 11 is 0. The number of ether oxygens (including phenoxy) is 1. The fourth-order valence-corrected chi connectivity index (χ4v) is 7.64. The summed E-state index contributed by atoms with van der Waals surface area (Å²) in [6, 6.07) is 0. The highest BCUT2D eigenvalue weighted by Crippen LogP contribution is 2.71. The van der Waals surface area contributed by atoms with Crippen molar-refractivity contribution in [3.05, 3.63) is 22.8 Å². The first kappa shape index (κ1) is 18.3. The van der Waals surface area contributed by atoms with Gasteiger partial charge < -0.3 is 9.84 Å². The van der Waals surface area contributed by atoms with E-state index < -0.39 is 29.0 Å². The second kappa shape index (κ2) is 5.05. The zero-order chi connectivity index (χ0) is 20.4. The van der Waals surface area contributed by atoms with Gasteiger partial charge in [0.05, 0.1) is 0 Å². The van der Waals surface area contributed by atoms with Crippen LogP contribution in [0.4, 0.5) is 0 Å². The minimum Gasteiger partial charge on any atom is -0.458 e. The third-order valence-electron chi connectivity index (χ3n) is 8.57. The van der Waals surface area contributed by atoms with E-state index in [-0.39, 0.29) is 34.8 Å². The molecule has 1 heterocycles. The molecule has 5 rings (SSSR count). The molecule has 5 aliphatic rings. The van der Waals surface area contributed by atoms with E-state index in [4.69, 9.17) is 4.74 Å². The van der Waals surface area contributed by atoms with Gasteiger partial charge in [-0.1, -0.05) is 39.7 Å². The molecule has 0 unspecified atom stereocenters. The summed E-state index contributed by atoms with van der Waals surface area (Å²) in [5.41, 5.74) is -0.606. The largest absolute Gasteiger partial charge is 0.458 e. The molecule has 5 nitrogen and oxygen atoms in total. The number of fused-ring (bicyclic) bond motifs is 2. The Balaban J connectivity index is 1.83. The quantitative estimate of drug-likeness (QED) is 0.555. The van der Waals surface area contributed by atoms with E-state index in [1.54, 1.807) is 6.08 Å². The van der Waals surface area contributed by atoms with Crippen molar-refractivity contribution in [2.75, 3.05) is 0 Å². The minimum atomic E-state index is -1.21. The van der Waals surface area contributed by atoms with E-state index in [1.807, 2.05) is 20.8 Å². The second-order valence-corrected chi connectivity index (χ2v) is 10.5. The van der Waals surface area contributed by atoms with Gasteiger partial charge >= 0.3 is 5.97 Å². The molecule has 0 amide bonds. The molecule has 0 spiro atoms. The van der Waals surface area contributed by atoms with E-state index in [0.29, 0.717) is 17.6 Å². The predicted molar refractivity (Wildman–Crippen MR) is 101 cm³/mol. The number of esters is 1. The summed E-state index contributed by atoms with van der Waals surface area (Å²) in [5.74, 6) is -1.69. The topological polar surface area (TPSA) is 80.7 Å². The van der Waals surface area contributed by atoms with Gasteiger partial charge in [0.1, 0.15) is 23.0 Å². The summed E-state index contributed by atoms with van der Waals surface area (Å²) in [7, 11) is 0. The van der Waals surface area contributed by atoms with Crippen molar-refractivity contribution in [2.45, 2.75) is 66.1 Å². The van der Waals surface area contributed by atoms with Crippen molar-refractivity contribution in [1.82, 2.24) is 0 Å². The standard InChI is InChI=1S/C23H28O5/c1-10(2)23-12(24)9-11(3)14(23)13-15(19(23)26)22-8-6-7-21(4,5)18(22)17(16(13)25)28-20(22)27/h9-10,14,16-18,25H,6-8H2,1-5H3/t14-,16+,17-,18+,22+,23-/m1/s1. The molecule has 0 aromatic rings. The smallest absolute Gasteiger partial charge is 0.317 e. The first-order valence-corrected chi connectivity index (χ1v) is 10.4. The number of allylic oxidation sites excluding steroid dienone is 2. The molecule has 28 heavy (non-hydrogen) atoms. The van der Waals surface area contributed by atoms with E-state index in [1.165, 1.54) is 0 Å². The number of hydrogen-bond donors (Lipinski definition) is 1. The van der Waals surface area contributed by atoms with Gasteiger partial charge in [-0.2, -0.15) is 0 Å². The molecule has 1 saturated carbocycles. The van der Waals surface area contributed by atoms with Crippen LogP contribution in [0.2, 0.25) is 0 Å². The van der Waals surface area contributed by atoms with Crippen LogP contribution in [0.5, 0.6) is 0 Å². The summed E-state index contributed by atoms with van der Waals surface area (Å²) in [5, 5.41) is 11.4. The Morgan fingerprint density at radius 3 is 2.50 bits per heavy atom. The number of hydrogen-bond acceptors (Lipinski definition) is 5. The fraction of sp³-hybridized carbons (Fsp3) is 0.696. The van der Waals surface area contributed by atoms with Crippen LogP contribution >= 0.6 is 0 Å².